The van der Waals surface area contributed by atoms with Gasteiger partial charge >= 0.3 is 6.03 Å². The zero-order chi connectivity index (χ0) is 16.1. The Bertz CT molecular complexity index is 641. The number of carbonyl (C=O) groups excluding carboxylic acids is 1. The van der Waals surface area contributed by atoms with Gasteiger partial charge in [0, 0.05) is 31.5 Å². The molecule has 6 nitrogen and oxygen atoms in total. The predicted octanol–water partition coefficient (Wildman–Crippen LogP) is 2.92. The van der Waals surface area contributed by atoms with Gasteiger partial charge in [-0.25, -0.2) is 9.78 Å². The van der Waals surface area contributed by atoms with E-state index in [1.807, 2.05) is 12.1 Å². The lowest BCUT2D eigenvalue weighted by molar-refractivity contribution is 0.246. The molecule has 7 heteroatoms. The molecule has 23 heavy (non-hydrogen) atoms. The second-order valence-corrected chi connectivity index (χ2v) is 5.87. The average Bonchev–Trinajstić information content (AvgIpc) is 2.57. The van der Waals surface area contributed by atoms with Crippen LogP contribution >= 0.6 is 11.6 Å². The smallest absolute Gasteiger partial charge is 0.319 e. The highest BCUT2D eigenvalue weighted by Gasteiger charge is 2.21. The number of anilines is 2. The normalized spacial score (nSPS) is 15.3. The number of nitrogens with one attached hydrogen (secondary N) is 2. The van der Waals surface area contributed by atoms with E-state index in [1.54, 1.807) is 30.7 Å². The van der Waals surface area contributed by atoms with Gasteiger partial charge in [-0.3, -0.25) is 4.98 Å². The molecule has 0 bridgehead atoms. The predicted molar refractivity (Wildman–Crippen MR) is 90.9 cm³/mol. The molecule has 2 N–H and O–H groups in total. The Kier molecular flexibility index (Phi) is 4.92. The number of aromatic nitrogens is 2. The van der Waals surface area contributed by atoms with Crippen molar-refractivity contribution in [1.29, 1.82) is 0 Å². The van der Waals surface area contributed by atoms with E-state index in [4.69, 9.17) is 11.6 Å². The molecule has 0 saturated carbocycles. The van der Waals surface area contributed by atoms with Gasteiger partial charge in [0.1, 0.15) is 5.82 Å². The van der Waals surface area contributed by atoms with E-state index >= 15 is 0 Å². The molecule has 120 valence electrons. The van der Waals surface area contributed by atoms with Crippen molar-refractivity contribution in [2.75, 3.05) is 23.3 Å². The van der Waals surface area contributed by atoms with Crippen LogP contribution in [0.3, 0.4) is 0 Å². The third kappa shape index (κ3) is 4.32. The summed E-state index contributed by atoms with van der Waals surface area (Å²) < 4.78 is 0. The van der Waals surface area contributed by atoms with Crippen LogP contribution in [-0.4, -0.2) is 35.1 Å². The first kappa shape index (κ1) is 15.6. The molecule has 0 aromatic carbocycles. The Morgan fingerprint density at radius 1 is 1.22 bits per heavy atom. The molecule has 2 aromatic heterocycles. The zero-order valence-electron chi connectivity index (χ0n) is 12.6. The summed E-state index contributed by atoms with van der Waals surface area (Å²) in [6.45, 7) is 1.71. The molecule has 2 amide bonds. The quantitative estimate of drug-likeness (QED) is 0.907. The minimum absolute atomic E-state index is 0.162. The molecule has 0 radical (unpaired) electrons. The summed E-state index contributed by atoms with van der Waals surface area (Å²) in [5, 5.41) is 6.42. The standard InChI is InChI=1S/C16H18ClN5O/c17-12-3-4-15(19-10-12)22-8-5-13(6-9-22)20-16(23)21-14-2-1-7-18-11-14/h1-4,7,10-11,13H,5-6,8-9H2,(H2,20,21,23). The molecule has 0 unspecified atom stereocenters. The van der Waals surface area contributed by atoms with Crippen LogP contribution in [0.15, 0.2) is 42.9 Å². The van der Waals surface area contributed by atoms with Crippen LogP contribution in [0.2, 0.25) is 5.02 Å². The maximum Gasteiger partial charge on any atom is 0.319 e. The summed E-state index contributed by atoms with van der Waals surface area (Å²) in [7, 11) is 0. The van der Waals surface area contributed by atoms with Gasteiger partial charge in [-0.15, -0.1) is 0 Å². The summed E-state index contributed by atoms with van der Waals surface area (Å²) in [5.41, 5.74) is 0.688. The summed E-state index contributed by atoms with van der Waals surface area (Å²) in [6.07, 6.45) is 6.70. The van der Waals surface area contributed by atoms with Gasteiger partial charge in [0.15, 0.2) is 0 Å². The number of hydrogen-bond acceptors (Lipinski definition) is 4. The van der Waals surface area contributed by atoms with Gasteiger partial charge in [-0.05, 0) is 37.1 Å². The fraction of sp³-hybridized carbons (Fsp3) is 0.312. The Morgan fingerprint density at radius 3 is 2.70 bits per heavy atom. The Labute approximate surface area is 139 Å². The van der Waals surface area contributed by atoms with Crippen LogP contribution < -0.4 is 15.5 Å². The highest BCUT2D eigenvalue weighted by Crippen LogP contribution is 2.19. The summed E-state index contributed by atoms with van der Waals surface area (Å²) in [6, 6.07) is 7.33. The fourth-order valence-corrected chi connectivity index (χ4v) is 2.71. The SMILES string of the molecule is O=C(Nc1cccnc1)NC1CCN(c2ccc(Cl)cn2)CC1. The monoisotopic (exact) mass is 331 g/mol. The molecule has 0 atom stereocenters. The highest BCUT2D eigenvalue weighted by atomic mass is 35.5. The van der Waals surface area contributed by atoms with Crippen molar-refractivity contribution < 1.29 is 4.79 Å². The van der Waals surface area contributed by atoms with E-state index < -0.39 is 0 Å². The van der Waals surface area contributed by atoms with Crippen molar-refractivity contribution in [1.82, 2.24) is 15.3 Å². The van der Waals surface area contributed by atoms with Gasteiger partial charge in [0.2, 0.25) is 0 Å². The van der Waals surface area contributed by atoms with Crippen molar-refractivity contribution in [3.05, 3.63) is 47.9 Å². The minimum Gasteiger partial charge on any atom is -0.356 e. The molecule has 0 spiro atoms. The number of piperidine rings is 1. The lowest BCUT2D eigenvalue weighted by Gasteiger charge is -2.33. The lowest BCUT2D eigenvalue weighted by atomic mass is 10.1. The lowest BCUT2D eigenvalue weighted by Crippen LogP contribution is -2.46. The van der Waals surface area contributed by atoms with Crippen LogP contribution in [0.5, 0.6) is 0 Å². The first-order valence-electron chi connectivity index (χ1n) is 7.55. The summed E-state index contributed by atoms with van der Waals surface area (Å²) >= 11 is 5.86. The van der Waals surface area contributed by atoms with Crippen molar-refractivity contribution in [3.63, 3.8) is 0 Å². The first-order valence-corrected chi connectivity index (χ1v) is 7.92. The Morgan fingerprint density at radius 2 is 2.04 bits per heavy atom. The van der Waals surface area contributed by atoms with Gasteiger partial charge < -0.3 is 15.5 Å². The highest BCUT2D eigenvalue weighted by molar-refractivity contribution is 6.30. The third-order valence-corrected chi connectivity index (χ3v) is 4.01. The zero-order valence-corrected chi connectivity index (χ0v) is 13.3. The fourth-order valence-electron chi connectivity index (χ4n) is 2.60. The van der Waals surface area contributed by atoms with Crippen molar-refractivity contribution >= 4 is 29.1 Å². The summed E-state index contributed by atoms with van der Waals surface area (Å²) in [5.74, 6) is 0.924. The summed E-state index contributed by atoms with van der Waals surface area (Å²) in [4.78, 5) is 22.5. The molecule has 1 saturated heterocycles. The maximum absolute atomic E-state index is 12.0. The molecule has 0 aliphatic carbocycles. The molecular weight excluding hydrogens is 314 g/mol. The largest absolute Gasteiger partial charge is 0.356 e. The number of amides is 2. The van der Waals surface area contributed by atoms with Gasteiger partial charge in [0.05, 0.1) is 16.9 Å². The second-order valence-electron chi connectivity index (χ2n) is 5.44. The molecule has 2 aromatic rings. The minimum atomic E-state index is -0.193. The van der Waals surface area contributed by atoms with E-state index in [0.29, 0.717) is 10.7 Å². The molecule has 3 rings (SSSR count). The van der Waals surface area contributed by atoms with Crippen molar-refractivity contribution in [2.24, 2.45) is 0 Å². The number of rotatable bonds is 3. The van der Waals surface area contributed by atoms with Crippen LogP contribution in [0.4, 0.5) is 16.3 Å². The van der Waals surface area contributed by atoms with Gasteiger partial charge in [0.25, 0.3) is 0 Å². The van der Waals surface area contributed by atoms with Gasteiger partial charge in [-0.1, -0.05) is 11.6 Å². The number of nitrogens with zero attached hydrogens (tertiary/aromatic N) is 3. The van der Waals surface area contributed by atoms with Crippen LogP contribution in [0.25, 0.3) is 0 Å². The first-order chi connectivity index (χ1) is 11.2. The number of pyridine rings is 2. The van der Waals surface area contributed by atoms with Crippen LogP contribution in [0.1, 0.15) is 12.8 Å². The average molecular weight is 332 g/mol. The van der Waals surface area contributed by atoms with Gasteiger partial charge in [-0.2, -0.15) is 0 Å². The molecular formula is C16H18ClN5O. The second kappa shape index (κ2) is 7.28. The Balaban J connectivity index is 1.47. The van der Waals surface area contributed by atoms with E-state index in [-0.39, 0.29) is 12.1 Å². The molecule has 1 fully saturated rings. The number of carbonyl (C=O) groups is 1. The van der Waals surface area contributed by atoms with Crippen LogP contribution in [0, 0.1) is 0 Å². The van der Waals surface area contributed by atoms with Crippen LogP contribution in [-0.2, 0) is 0 Å². The van der Waals surface area contributed by atoms with E-state index in [9.17, 15) is 4.79 Å². The van der Waals surface area contributed by atoms with Crippen molar-refractivity contribution in [3.8, 4) is 0 Å². The topological polar surface area (TPSA) is 70.2 Å². The maximum atomic E-state index is 12.0. The van der Waals surface area contributed by atoms with E-state index in [0.717, 1.165) is 31.7 Å². The number of halogens is 1. The molecule has 3 heterocycles. The molecule has 1 aliphatic heterocycles. The van der Waals surface area contributed by atoms with E-state index in [1.165, 1.54) is 0 Å². The van der Waals surface area contributed by atoms with E-state index in [2.05, 4.69) is 25.5 Å². The molecule has 1 aliphatic rings. The number of urea groups is 1. The number of hydrogen-bond donors (Lipinski definition) is 2. The Hall–Kier alpha value is -2.34. The van der Waals surface area contributed by atoms with Crippen molar-refractivity contribution in [2.45, 2.75) is 18.9 Å². The third-order valence-electron chi connectivity index (χ3n) is 3.79.